The van der Waals surface area contributed by atoms with Crippen LogP contribution in [0.1, 0.15) is 40.5 Å². The molecule has 0 aromatic carbocycles. The Morgan fingerprint density at radius 2 is 2.22 bits per heavy atom. The van der Waals surface area contributed by atoms with Crippen LogP contribution in [0, 0.1) is 5.41 Å². The summed E-state index contributed by atoms with van der Waals surface area (Å²) in [6.45, 7) is 9.15. The molecule has 102 valence electrons. The summed E-state index contributed by atoms with van der Waals surface area (Å²) in [5.74, 6) is -0.0533. The summed E-state index contributed by atoms with van der Waals surface area (Å²) in [4.78, 5) is 11.8. The first-order valence-corrected chi connectivity index (χ1v) is 6.38. The lowest BCUT2D eigenvalue weighted by Crippen LogP contribution is -2.31. The Hall–Kier alpha value is -1.36. The number of aryl methyl sites for hydroxylation is 1. The van der Waals surface area contributed by atoms with E-state index in [4.69, 9.17) is 5.73 Å². The van der Waals surface area contributed by atoms with Gasteiger partial charge in [0.1, 0.15) is 0 Å². The lowest BCUT2D eigenvalue weighted by Gasteiger charge is -2.22. The monoisotopic (exact) mass is 252 g/mol. The molecule has 1 aromatic heterocycles. The minimum Gasteiger partial charge on any atom is -0.327 e. The largest absolute Gasteiger partial charge is 0.327 e. The highest BCUT2D eigenvalue weighted by Gasteiger charge is 2.18. The first kappa shape index (κ1) is 14.7. The van der Waals surface area contributed by atoms with E-state index in [2.05, 4.69) is 31.2 Å². The summed E-state index contributed by atoms with van der Waals surface area (Å²) in [6, 6.07) is -0.105. The van der Waals surface area contributed by atoms with E-state index in [1.807, 2.05) is 13.1 Å². The SMILES string of the molecule is CCn1cc(NC(=O)CC(N)CC(C)(C)C)cn1. The number of nitrogens with two attached hydrogens (primary N) is 1. The van der Waals surface area contributed by atoms with Crippen molar-refractivity contribution in [1.29, 1.82) is 0 Å². The lowest BCUT2D eigenvalue weighted by atomic mass is 9.87. The summed E-state index contributed by atoms with van der Waals surface area (Å²) in [7, 11) is 0. The highest BCUT2D eigenvalue weighted by atomic mass is 16.1. The van der Waals surface area contributed by atoms with E-state index in [-0.39, 0.29) is 17.4 Å². The lowest BCUT2D eigenvalue weighted by molar-refractivity contribution is -0.116. The number of carbonyl (C=O) groups excluding carboxylic acids is 1. The van der Waals surface area contributed by atoms with Crippen molar-refractivity contribution in [2.45, 2.75) is 53.1 Å². The van der Waals surface area contributed by atoms with Crippen LogP contribution < -0.4 is 11.1 Å². The molecule has 3 N–H and O–H groups in total. The van der Waals surface area contributed by atoms with Crippen LogP contribution in [0.4, 0.5) is 5.69 Å². The molecule has 5 heteroatoms. The maximum atomic E-state index is 11.8. The van der Waals surface area contributed by atoms with Crippen molar-refractivity contribution in [1.82, 2.24) is 9.78 Å². The molecule has 1 unspecified atom stereocenters. The number of rotatable bonds is 5. The molecule has 18 heavy (non-hydrogen) atoms. The zero-order chi connectivity index (χ0) is 13.8. The fourth-order valence-electron chi connectivity index (χ4n) is 1.91. The van der Waals surface area contributed by atoms with E-state index in [9.17, 15) is 4.79 Å². The van der Waals surface area contributed by atoms with Gasteiger partial charge >= 0.3 is 0 Å². The number of amides is 1. The van der Waals surface area contributed by atoms with Gasteiger partial charge in [-0.1, -0.05) is 20.8 Å². The number of carbonyl (C=O) groups is 1. The van der Waals surface area contributed by atoms with Crippen LogP contribution >= 0.6 is 0 Å². The van der Waals surface area contributed by atoms with Crippen LogP contribution in [0.25, 0.3) is 0 Å². The van der Waals surface area contributed by atoms with E-state index in [1.54, 1.807) is 10.9 Å². The molecule has 0 aliphatic rings. The number of hydrogen-bond acceptors (Lipinski definition) is 3. The van der Waals surface area contributed by atoms with Gasteiger partial charge in [-0.05, 0) is 18.8 Å². The number of aromatic nitrogens is 2. The Morgan fingerprint density at radius 3 is 2.72 bits per heavy atom. The minimum absolute atomic E-state index is 0.0533. The van der Waals surface area contributed by atoms with Gasteiger partial charge in [-0.15, -0.1) is 0 Å². The molecule has 0 fully saturated rings. The Morgan fingerprint density at radius 1 is 1.56 bits per heavy atom. The van der Waals surface area contributed by atoms with Crippen molar-refractivity contribution < 1.29 is 4.79 Å². The maximum absolute atomic E-state index is 11.8. The molecule has 1 rings (SSSR count). The first-order valence-electron chi connectivity index (χ1n) is 6.38. The van der Waals surface area contributed by atoms with Crippen LogP contribution in [-0.2, 0) is 11.3 Å². The van der Waals surface area contributed by atoms with Crippen LogP contribution in [0.5, 0.6) is 0 Å². The molecule has 5 nitrogen and oxygen atoms in total. The van der Waals surface area contributed by atoms with E-state index in [0.717, 1.165) is 18.7 Å². The molecule has 0 aliphatic heterocycles. The zero-order valence-electron chi connectivity index (χ0n) is 11.7. The average Bonchev–Trinajstić information content (AvgIpc) is 2.61. The van der Waals surface area contributed by atoms with E-state index >= 15 is 0 Å². The normalized spacial score (nSPS) is 13.4. The molecule has 1 aromatic rings. The Balaban J connectivity index is 2.41. The van der Waals surface area contributed by atoms with E-state index in [0.29, 0.717) is 6.42 Å². The zero-order valence-corrected chi connectivity index (χ0v) is 11.7. The van der Waals surface area contributed by atoms with Gasteiger partial charge in [0.2, 0.25) is 5.91 Å². The molecule has 0 radical (unpaired) electrons. The van der Waals surface area contributed by atoms with Crippen molar-refractivity contribution in [2.75, 3.05) is 5.32 Å². The third-order valence-corrected chi connectivity index (χ3v) is 2.56. The molecule has 0 saturated carbocycles. The standard InChI is InChI=1S/C13H24N4O/c1-5-17-9-11(8-15-17)16-12(18)6-10(14)7-13(2,3)4/h8-10H,5-7,14H2,1-4H3,(H,16,18). The molecule has 1 heterocycles. The van der Waals surface area contributed by atoms with Crippen LogP contribution in [-0.4, -0.2) is 21.7 Å². The first-order chi connectivity index (χ1) is 8.30. The molecular formula is C13H24N4O. The van der Waals surface area contributed by atoms with Crippen molar-refractivity contribution in [2.24, 2.45) is 11.1 Å². The molecule has 0 bridgehead atoms. The van der Waals surface area contributed by atoms with Crippen molar-refractivity contribution in [3.05, 3.63) is 12.4 Å². The highest BCUT2D eigenvalue weighted by Crippen LogP contribution is 2.21. The summed E-state index contributed by atoms with van der Waals surface area (Å²) in [6.07, 6.45) is 4.63. The Bertz CT molecular complexity index is 392. The van der Waals surface area contributed by atoms with Crippen molar-refractivity contribution in [3.8, 4) is 0 Å². The van der Waals surface area contributed by atoms with Gasteiger partial charge in [0.05, 0.1) is 11.9 Å². The van der Waals surface area contributed by atoms with E-state index in [1.165, 1.54) is 0 Å². The topological polar surface area (TPSA) is 72.9 Å². The van der Waals surface area contributed by atoms with Crippen LogP contribution in [0.2, 0.25) is 0 Å². The number of anilines is 1. The Labute approximate surface area is 109 Å². The highest BCUT2D eigenvalue weighted by molar-refractivity contribution is 5.90. The second-order valence-electron chi connectivity index (χ2n) is 5.86. The molecule has 0 aliphatic carbocycles. The summed E-state index contributed by atoms with van der Waals surface area (Å²) >= 11 is 0. The molecule has 0 saturated heterocycles. The third kappa shape index (κ3) is 5.31. The predicted molar refractivity (Wildman–Crippen MR) is 73.2 cm³/mol. The number of nitrogens with zero attached hydrogens (tertiary/aromatic N) is 2. The van der Waals surface area contributed by atoms with E-state index < -0.39 is 0 Å². The van der Waals surface area contributed by atoms with Gasteiger partial charge in [0, 0.05) is 25.2 Å². The van der Waals surface area contributed by atoms with Gasteiger partial charge in [-0.25, -0.2) is 0 Å². The Kier molecular flexibility index (Phi) is 4.90. The number of hydrogen-bond donors (Lipinski definition) is 2. The van der Waals surface area contributed by atoms with Crippen molar-refractivity contribution >= 4 is 11.6 Å². The molecular weight excluding hydrogens is 228 g/mol. The average molecular weight is 252 g/mol. The fourth-order valence-corrected chi connectivity index (χ4v) is 1.91. The fraction of sp³-hybridized carbons (Fsp3) is 0.692. The maximum Gasteiger partial charge on any atom is 0.226 e. The smallest absolute Gasteiger partial charge is 0.226 e. The van der Waals surface area contributed by atoms with Gasteiger partial charge in [-0.3, -0.25) is 9.48 Å². The van der Waals surface area contributed by atoms with Crippen LogP contribution in [0.3, 0.4) is 0 Å². The molecule has 0 spiro atoms. The third-order valence-electron chi connectivity index (χ3n) is 2.56. The summed E-state index contributed by atoms with van der Waals surface area (Å²) < 4.78 is 1.77. The van der Waals surface area contributed by atoms with Gasteiger partial charge in [-0.2, -0.15) is 5.10 Å². The predicted octanol–water partition coefficient (Wildman–Crippen LogP) is 2.00. The minimum atomic E-state index is -0.105. The van der Waals surface area contributed by atoms with Crippen LogP contribution in [0.15, 0.2) is 12.4 Å². The number of nitrogens with one attached hydrogen (secondary N) is 1. The second kappa shape index (κ2) is 6.00. The molecule has 1 amide bonds. The molecule has 1 atom stereocenters. The van der Waals surface area contributed by atoms with Gasteiger partial charge in [0.25, 0.3) is 0 Å². The van der Waals surface area contributed by atoms with Gasteiger partial charge in [0.15, 0.2) is 0 Å². The quantitative estimate of drug-likeness (QED) is 0.841. The summed E-state index contributed by atoms with van der Waals surface area (Å²) in [5, 5.41) is 6.91. The summed E-state index contributed by atoms with van der Waals surface area (Å²) in [5.41, 5.74) is 6.84. The second-order valence-corrected chi connectivity index (χ2v) is 5.86. The van der Waals surface area contributed by atoms with Crippen molar-refractivity contribution in [3.63, 3.8) is 0 Å². The van der Waals surface area contributed by atoms with Gasteiger partial charge < -0.3 is 11.1 Å².